The zero-order valence-corrected chi connectivity index (χ0v) is 13.2. The van der Waals surface area contributed by atoms with Gasteiger partial charge in [0, 0.05) is 28.1 Å². The van der Waals surface area contributed by atoms with E-state index in [-0.39, 0.29) is 5.97 Å². The first-order valence-electron chi connectivity index (χ1n) is 7.85. The van der Waals surface area contributed by atoms with Gasteiger partial charge in [-0.25, -0.2) is 4.79 Å². The van der Waals surface area contributed by atoms with Crippen LogP contribution in [-0.4, -0.2) is 30.2 Å². The van der Waals surface area contributed by atoms with Crippen molar-refractivity contribution in [3.05, 3.63) is 36.4 Å². The summed E-state index contributed by atoms with van der Waals surface area (Å²) < 4.78 is 10.9. The lowest BCUT2D eigenvalue weighted by molar-refractivity contribution is -0.143. The summed E-state index contributed by atoms with van der Waals surface area (Å²) in [7, 11) is 0.368. The Kier molecular flexibility index (Phi) is 3.70. The van der Waals surface area contributed by atoms with Gasteiger partial charge in [-0.15, -0.1) is 0 Å². The molecule has 2 aromatic rings. The summed E-state index contributed by atoms with van der Waals surface area (Å²) in [6, 6.07) is 12.6. The molecule has 4 rings (SSSR count). The first-order chi connectivity index (χ1) is 10.8. The van der Waals surface area contributed by atoms with Crippen molar-refractivity contribution >= 4 is 27.6 Å². The third kappa shape index (κ3) is 2.45. The highest BCUT2D eigenvalue weighted by Crippen LogP contribution is 2.34. The van der Waals surface area contributed by atoms with Crippen molar-refractivity contribution in [1.82, 2.24) is 0 Å². The molecule has 0 aromatic heterocycles. The molecular weight excluding hydrogens is 296 g/mol. The number of carbonyl (C=O) groups is 1. The summed E-state index contributed by atoms with van der Waals surface area (Å²) in [6.07, 6.45) is 2.86. The van der Waals surface area contributed by atoms with E-state index in [4.69, 9.17) is 9.47 Å². The summed E-state index contributed by atoms with van der Waals surface area (Å²) in [4.78, 5) is 13.1. The van der Waals surface area contributed by atoms with E-state index in [1.807, 2.05) is 12.1 Å². The number of hydrogen-bond donors (Lipinski definition) is 0. The van der Waals surface area contributed by atoms with Crippen molar-refractivity contribution in [3.8, 4) is 5.75 Å². The number of carbonyl (C=O) groups excluding carboxylic acids is 1. The molecule has 1 atom stereocenters. The molecule has 0 N–H and O–H groups in total. The van der Waals surface area contributed by atoms with Crippen molar-refractivity contribution < 1.29 is 14.3 Å². The number of rotatable bonds is 3. The van der Waals surface area contributed by atoms with Crippen LogP contribution in [0.5, 0.6) is 5.75 Å². The Morgan fingerprint density at radius 2 is 1.82 bits per heavy atom. The van der Waals surface area contributed by atoms with Crippen LogP contribution >= 0.6 is 0 Å². The highest BCUT2D eigenvalue weighted by atomic mass is 32.2. The average Bonchev–Trinajstić information content (AvgIpc) is 3.20. The summed E-state index contributed by atoms with van der Waals surface area (Å²) in [5.74, 6) is 3.16. The van der Waals surface area contributed by atoms with E-state index >= 15 is 0 Å². The van der Waals surface area contributed by atoms with Gasteiger partial charge >= 0.3 is 5.97 Å². The first-order valence-corrected chi connectivity index (χ1v) is 9.42. The van der Waals surface area contributed by atoms with Gasteiger partial charge in [-0.2, -0.15) is 0 Å². The summed E-state index contributed by atoms with van der Waals surface area (Å²) in [6.45, 7) is 0.461. The molecule has 2 aromatic carbocycles. The minimum Gasteiger partial charge on any atom is -0.478 e. The minimum absolute atomic E-state index is 0.245. The van der Waals surface area contributed by atoms with Crippen molar-refractivity contribution in [2.45, 2.75) is 30.3 Å². The summed E-state index contributed by atoms with van der Waals surface area (Å²) >= 11 is 0. The predicted molar refractivity (Wildman–Crippen MR) is 88.5 cm³/mol. The first kappa shape index (κ1) is 13.9. The number of ether oxygens (including phenoxy) is 2. The van der Waals surface area contributed by atoms with Crippen LogP contribution in [0.3, 0.4) is 0 Å². The standard InChI is InChI=1S/C18H19O3S/c19-18-16(9-10-20-18)21-15-7-3-6-14-13(15)5-4-8-17(14)22-11-1-2-12-22/h3-8,16H,1-2,9-12H2/q+1. The van der Waals surface area contributed by atoms with E-state index in [0.29, 0.717) is 23.9 Å². The number of cyclic esters (lactones) is 1. The van der Waals surface area contributed by atoms with Gasteiger partial charge in [0.15, 0.2) is 11.0 Å². The molecule has 0 radical (unpaired) electrons. The molecule has 2 saturated heterocycles. The van der Waals surface area contributed by atoms with Gasteiger partial charge in [-0.3, -0.25) is 0 Å². The molecule has 1 unspecified atom stereocenters. The zero-order valence-electron chi connectivity index (χ0n) is 12.4. The van der Waals surface area contributed by atoms with E-state index in [1.165, 1.54) is 34.6 Å². The second-order valence-corrected chi connectivity index (χ2v) is 8.02. The SMILES string of the molecule is O=C1OCCC1Oc1cccc2c([S+]3CCCC3)cccc12. The molecule has 3 nitrogen and oxygen atoms in total. The van der Waals surface area contributed by atoms with Crippen molar-refractivity contribution in [2.75, 3.05) is 18.1 Å². The van der Waals surface area contributed by atoms with Gasteiger partial charge in [-0.05, 0) is 31.0 Å². The fraction of sp³-hybridized carbons (Fsp3) is 0.389. The van der Waals surface area contributed by atoms with Crippen LogP contribution in [0.2, 0.25) is 0 Å². The summed E-state index contributed by atoms with van der Waals surface area (Å²) in [5.41, 5.74) is 0. The lowest BCUT2D eigenvalue weighted by Crippen LogP contribution is -2.21. The highest BCUT2D eigenvalue weighted by Gasteiger charge is 2.31. The van der Waals surface area contributed by atoms with E-state index in [1.54, 1.807) is 0 Å². The molecule has 0 spiro atoms. The molecule has 4 heteroatoms. The van der Waals surface area contributed by atoms with Crippen molar-refractivity contribution in [3.63, 3.8) is 0 Å². The highest BCUT2D eigenvalue weighted by molar-refractivity contribution is 7.97. The maximum Gasteiger partial charge on any atom is 0.347 e. The lowest BCUT2D eigenvalue weighted by Gasteiger charge is -2.13. The van der Waals surface area contributed by atoms with Gasteiger partial charge in [-0.1, -0.05) is 18.2 Å². The molecule has 2 fully saturated rings. The molecule has 0 aliphatic carbocycles. The van der Waals surface area contributed by atoms with E-state index in [2.05, 4.69) is 24.3 Å². The van der Waals surface area contributed by atoms with E-state index in [0.717, 1.165) is 11.1 Å². The lowest BCUT2D eigenvalue weighted by atomic mass is 10.1. The fourth-order valence-electron chi connectivity index (χ4n) is 3.22. The molecule has 114 valence electrons. The Morgan fingerprint density at radius 1 is 1.05 bits per heavy atom. The monoisotopic (exact) mass is 315 g/mol. The molecule has 2 aliphatic heterocycles. The topological polar surface area (TPSA) is 35.5 Å². The van der Waals surface area contributed by atoms with E-state index < -0.39 is 6.10 Å². The molecule has 22 heavy (non-hydrogen) atoms. The third-order valence-corrected chi connectivity index (χ3v) is 6.88. The molecule has 2 aliphatic rings. The Morgan fingerprint density at radius 3 is 2.59 bits per heavy atom. The Balaban J connectivity index is 1.73. The Bertz CT molecular complexity index is 707. The number of fused-ring (bicyclic) bond motifs is 1. The molecular formula is C18H19O3S+. The average molecular weight is 315 g/mol. The van der Waals surface area contributed by atoms with Gasteiger partial charge < -0.3 is 9.47 Å². The van der Waals surface area contributed by atoms with Gasteiger partial charge in [0.1, 0.15) is 17.3 Å². The minimum atomic E-state index is -0.455. The second-order valence-electron chi connectivity index (χ2n) is 5.78. The van der Waals surface area contributed by atoms with E-state index in [9.17, 15) is 4.79 Å². The van der Waals surface area contributed by atoms with Crippen LogP contribution in [0, 0.1) is 0 Å². The normalized spacial score (nSPS) is 22.2. The second kappa shape index (κ2) is 5.84. The smallest absolute Gasteiger partial charge is 0.347 e. The predicted octanol–water partition coefficient (Wildman–Crippen LogP) is 3.31. The van der Waals surface area contributed by atoms with Crippen LogP contribution in [0.15, 0.2) is 41.3 Å². The Hall–Kier alpha value is -1.68. The molecule has 2 heterocycles. The summed E-state index contributed by atoms with van der Waals surface area (Å²) in [5, 5.41) is 2.38. The molecule has 0 saturated carbocycles. The van der Waals surface area contributed by atoms with Gasteiger partial charge in [0.2, 0.25) is 0 Å². The van der Waals surface area contributed by atoms with Crippen molar-refractivity contribution in [1.29, 1.82) is 0 Å². The number of benzene rings is 2. The number of esters is 1. The quantitative estimate of drug-likeness (QED) is 0.644. The van der Waals surface area contributed by atoms with Crippen LogP contribution in [0.1, 0.15) is 19.3 Å². The van der Waals surface area contributed by atoms with Gasteiger partial charge in [0.05, 0.1) is 6.61 Å². The Labute approximate surface area is 133 Å². The fourth-order valence-corrected chi connectivity index (χ4v) is 5.73. The largest absolute Gasteiger partial charge is 0.478 e. The zero-order chi connectivity index (χ0) is 14.9. The van der Waals surface area contributed by atoms with Crippen LogP contribution in [0.25, 0.3) is 10.8 Å². The third-order valence-electron chi connectivity index (χ3n) is 4.34. The van der Waals surface area contributed by atoms with Crippen LogP contribution in [-0.2, 0) is 20.4 Å². The van der Waals surface area contributed by atoms with Crippen molar-refractivity contribution in [2.24, 2.45) is 0 Å². The maximum atomic E-state index is 11.6. The number of hydrogen-bond acceptors (Lipinski definition) is 3. The van der Waals surface area contributed by atoms with Crippen LogP contribution < -0.4 is 4.74 Å². The molecule has 0 bridgehead atoms. The molecule has 0 amide bonds. The van der Waals surface area contributed by atoms with Gasteiger partial charge in [0.25, 0.3) is 0 Å². The maximum absolute atomic E-state index is 11.6. The van der Waals surface area contributed by atoms with Crippen LogP contribution in [0.4, 0.5) is 0 Å².